The van der Waals surface area contributed by atoms with Crippen molar-refractivity contribution in [3.05, 3.63) is 29.6 Å². The van der Waals surface area contributed by atoms with Gasteiger partial charge in [0.2, 0.25) is 0 Å². The highest BCUT2D eigenvalue weighted by Gasteiger charge is 2.19. The fourth-order valence-corrected chi connectivity index (χ4v) is 1.96. The van der Waals surface area contributed by atoms with E-state index in [1.807, 2.05) is 19.3 Å². The molecule has 0 saturated carbocycles. The van der Waals surface area contributed by atoms with Gasteiger partial charge in [0.1, 0.15) is 0 Å². The molecular weight excluding hydrogens is 184 g/mol. The van der Waals surface area contributed by atoms with Crippen LogP contribution in [0.2, 0.25) is 0 Å². The number of pyridine rings is 1. The number of nitrogens with zero attached hydrogens (tertiary/aromatic N) is 1. The van der Waals surface area contributed by atoms with Crippen molar-refractivity contribution in [1.29, 1.82) is 0 Å². The standard InChI is InChI=1S/C13H22N2/c1-5-10(3)12(14-4)13-11(6-2)8-7-9-15-13/h7-10,12,14H,5-6H2,1-4H3. The van der Waals surface area contributed by atoms with Crippen molar-refractivity contribution in [3.8, 4) is 0 Å². The summed E-state index contributed by atoms with van der Waals surface area (Å²) in [4.78, 5) is 4.53. The average Bonchev–Trinajstić information content (AvgIpc) is 2.30. The molecule has 0 radical (unpaired) electrons. The molecule has 0 aromatic carbocycles. The summed E-state index contributed by atoms with van der Waals surface area (Å²) in [5.41, 5.74) is 2.58. The van der Waals surface area contributed by atoms with E-state index < -0.39 is 0 Å². The predicted molar refractivity (Wildman–Crippen MR) is 64.9 cm³/mol. The molecule has 2 nitrogen and oxygen atoms in total. The van der Waals surface area contributed by atoms with Crippen molar-refractivity contribution in [2.75, 3.05) is 7.05 Å². The predicted octanol–water partition coefficient (Wildman–Crippen LogP) is 2.95. The smallest absolute Gasteiger partial charge is 0.0607 e. The van der Waals surface area contributed by atoms with Crippen molar-refractivity contribution in [3.63, 3.8) is 0 Å². The Hall–Kier alpha value is -0.890. The monoisotopic (exact) mass is 206 g/mol. The highest BCUT2D eigenvalue weighted by Crippen LogP contribution is 2.25. The zero-order valence-corrected chi connectivity index (χ0v) is 10.2. The van der Waals surface area contributed by atoms with Crippen LogP contribution in [0.3, 0.4) is 0 Å². The first-order valence-corrected chi connectivity index (χ1v) is 5.85. The lowest BCUT2D eigenvalue weighted by Gasteiger charge is -2.23. The zero-order chi connectivity index (χ0) is 11.3. The SMILES string of the molecule is CCc1cccnc1C(NC)C(C)CC. The molecule has 0 aliphatic carbocycles. The Morgan fingerprint density at radius 2 is 2.13 bits per heavy atom. The van der Waals surface area contributed by atoms with Gasteiger partial charge in [0.15, 0.2) is 0 Å². The minimum absolute atomic E-state index is 0.381. The molecule has 0 saturated heterocycles. The Morgan fingerprint density at radius 3 is 2.67 bits per heavy atom. The van der Waals surface area contributed by atoms with E-state index in [2.05, 4.69) is 37.1 Å². The molecule has 2 heteroatoms. The van der Waals surface area contributed by atoms with Crippen LogP contribution in [-0.2, 0) is 6.42 Å². The summed E-state index contributed by atoms with van der Waals surface area (Å²) >= 11 is 0. The molecule has 1 rings (SSSR count). The molecule has 0 bridgehead atoms. The maximum Gasteiger partial charge on any atom is 0.0607 e. The molecule has 1 N–H and O–H groups in total. The van der Waals surface area contributed by atoms with Crippen LogP contribution in [0.1, 0.15) is 44.5 Å². The van der Waals surface area contributed by atoms with Gasteiger partial charge in [0, 0.05) is 6.20 Å². The lowest BCUT2D eigenvalue weighted by molar-refractivity contribution is 0.390. The van der Waals surface area contributed by atoms with Crippen LogP contribution in [0.15, 0.2) is 18.3 Å². The molecule has 0 spiro atoms. The molecule has 0 aliphatic heterocycles. The highest BCUT2D eigenvalue weighted by atomic mass is 14.9. The first kappa shape index (κ1) is 12.2. The molecule has 0 amide bonds. The van der Waals surface area contributed by atoms with Crippen LogP contribution in [0.5, 0.6) is 0 Å². The number of aromatic nitrogens is 1. The van der Waals surface area contributed by atoms with Crippen LogP contribution in [0, 0.1) is 5.92 Å². The van der Waals surface area contributed by atoms with Gasteiger partial charge in [-0.1, -0.05) is 33.3 Å². The van der Waals surface area contributed by atoms with Crippen molar-refractivity contribution < 1.29 is 0 Å². The number of nitrogens with one attached hydrogen (secondary N) is 1. The summed E-state index contributed by atoms with van der Waals surface area (Å²) in [6, 6.07) is 4.58. The first-order chi connectivity index (χ1) is 7.24. The zero-order valence-electron chi connectivity index (χ0n) is 10.2. The molecule has 0 fully saturated rings. The minimum Gasteiger partial charge on any atom is -0.311 e. The van der Waals surface area contributed by atoms with Gasteiger partial charge >= 0.3 is 0 Å². The fourth-order valence-electron chi connectivity index (χ4n) is 1.96. The molecule has 1 heterocycles. The molecule has 0 aliphatic rings. The summed E-state index contributed by atoms with van der Waals surface area (Å²) in [7, 11) is 2.02. The van der Waals surface area contributed by atoms with E-state index in [1.165, 1.54) is 17.7 Å². The van der Waals surface area contributed by atoms with Crippen LogP contribution in [0.25, 0.3) is 0 Å². The third-order valence-electron chi connectivity index (χ3n) is 3.13. The Bertz CT molecular complexity index is 296. The molecule has 2 unspecified atom stereocenters. The van der Waals surface area contributed by atoms with E-state index in [0.29, 0.717) is 12.0 Å². The van der Waals surface area contributed by atoms with Crippen LogP contribution in [-0.4, -0.2) is 12.0 Å². The number of aryl methyl sites for hydroxylation is 1. The van der Waals surface area contributed by atoms with Crippen molar-refractivity contribution >= 4 is 0 Å². The van der Waals surface area contributed by atoms with E-state index in [4.69, 9.17) is 0 Å². The molecule has 1 aromatic heterocycles. The number of hydrogen-bond donors (Lipinski definition) is 1. The van der Waals surface area contributed by atoms with Crippen molar-refractivity contribution in [1.82, 2.24) is 10.3 Å². The Kier molecular flexibility index (Phi) is 4.76. The van der Waals surface area contributed by atoms with Crippen molar-refractivity contribution in [2.45, 2.75) is 39.7 Å². The van der Waals surface area contributed by atoms with E-state index in [0.717, 1.165) is 6.42 Å². The summed E-state index contributed by atoms with van der Waals surface area (Å²) < 4.78 is 0. The molecule has 84 valence electrons. The maximum absolute atomic E-state index is 4.53. The summed E-state index contributed by atoms with van der Waals surface area (Å²) in [6.45, 7) is 6.68. The van der Waals surface area contributed by atoms with E-state index >= 15 is 0 Å². The van der Waals surface area contributed by atoms with E-state index in [-0.39, 0.29) is 0 Å². The van der Waals surface area contributed by atoms with E-state index in [9.17, 15) is 0 Å². The van der Waals surface area contributed by atoms with Gasteiger partial charge in [-0.3, -0.25) is 4.98 Å². The van der Waals surface area contributed by atoms with E-state index in [1.54, 1.807) is 0 Å². The second kappa shape index (κ2) is 5.86. The molecular formula is C13H22N2. The Balaban J connectivity index is 3.00. The van der Waals surface area contributed by atoms with Gasteiger partial charge in [-0.25, -0.2) is 0 Å². The van der Waals surface area contributed by atoms with Crippen LogP contribution < -0.4 is 5.32 Å². The van der Waals surface area contributed by atoms with Gasteiger partial charge in [0.25, 0.3) is 0 Å². The number of rotatable bonds is 5. The van der Waals surface area contributed by atoms with Crippen LogP contribution >= 0.6 is 0 Å². The largest absolute Gasteiger partial charge is 0.311 e. The second-order valence-corrected chi connectivity index (χ2v) is 4.05. The lowest BCUT2D eigenvalue weighted by Crippen LogP contribution is -2.25. The van der Waals surface area contributed by atoms with Gasteiger partial charge in [-0.15, -0.1) is 0 Å². The summed E-state index contributed by atoms with van der Waals surface area (Å²) in [5.74, 6) is 0.621. The second-order valence-electron chi connectivity index (χ2n) is 4.05. The quantitative estimate of drug-likeness (QED) is 0.801. The first-order valence-electron chi connectivity index (χ1n) is 5.85. The molecule has 15 heavy (non-hydrogen) atoms. The van der Waals surface area contributed by atoms with Gasteiger partial charge in [0.05, 0.1) is 11.7 Å². The highest BCUT2D eigenvalue weighted by molar-refractivity contribution is 5.23. The summed E-state index contributed by atoms with van der Waals surface area (Å²) in [5, 5.41) is 3.38. The van der Waals surface area contributed by atoms with Gasteiger partial charge < -0.3 is 5.32 Å². The minimum atomic E-state index is 0.381. The topological polar surface area (TPSA) is 24.9 Å². The lowest BCUT2D eigenvalue weighted by atomic mass is 9.93. The normalized spacial score (nSPS) is 14.9. The van der Waals surface area contributed by atoms with Gasteiger partial charge in [-0.2, -0.15) is 0 Å². The maximum atomic E-state index is 4.53. The fraction of sp³-hybridized carbons (Fsp3) is 0.615. The average molecular weight is 206 g/mol. The van der Waals surface area contributed by atoms with Gasteiger partial charge in [-0.05, 0) is 31.0 Å². The Labute approximate surface area is 93.1 Å². The summed E-state index contributed by atoms with van der Waals surface area (Å²) in [6.07, 6.45) is 4.12. The Morgan fingerprint density at radius 1 is 1.40 bits per heavy atom. The number of hydrogen-bond acceptors (Lipinski definition) is 2. The van der Waals surface area contributed by atoms with Crippen LogP contribution in [0.4, 0.5) is 0 Å². The third kappa shape index (κ3) is 2.78. The molecule has 1 aromatic rings. The third-order valence-corrected chi connectivity index (χ3v) is 3.13. The van der Waals surface area contributed by atoms with Crippen molar-refractivity contribution in [2.24, 2.45) is 5.92 Å². The molecule has 2 atom stereocenters.